The van der Waals surface area contributed by atoms with Gasteiger partial charge in [-0.05, 0) is 13.3 Å². The Balaban J connectivity index is 2.92. The SMILES string of the molecule is CCC(c1cncc(OC)n1)C(C)N. The maximum absolute atomic E-state index is 5.86. The second kappa shape index (κ2) is 4.91. The smallest absolute Gasteiger partial charge is 0.232 e. The molecule has 0 radical (unpaired) electrons. The van der Waals surface area contributed by atoms with Crippen molar-refractivity contribution >= 4 is 0 Å². The highest BCUT2D eigenvalue weighted by atomic mass is 16.5. The second-order valence-corrected chi connectivity index (χ2v) is 3.36. The molecule has 1 heterocycles. The lowest BCUT2D eigenvalue weighted by atomic mass is 9.96. The summed E-state index contributed by atoms with van der Waals surface area (Å²) >= 11 is 0. The van der Waals surface area contributed by atoms with Crippen LogP contribution in [0.15, 0.2) is 12.4 Å². The molecule has 0 amide bonds. The van der Waals surface area contributed by atoms with Gasteiger partial charge in [0.15, 0.2) is 0 Å². The molecule has 1 aromatic rings. The molecule has 0 aliphatic rings. The van der Waals surface area contributed by atoms with Gasteiger partial charge < -0.3 is 10.5 Å². The van der Waals surface area contributed by atoms with E-state index < -0.39 is 0 Å². The van der Waals surface area contributed by atoms with E-state index >= 15 is 0 Å². The number of hydrogen-bond donors (Lipinski definition) is 1. The van der Waals surface area contributed by atoms with Crippen LogP contribution in [0.1, 0.15) is 31.9 Å². The highest BCUT2D eigenvalue weighted by Crippen LogP contribution is 2.20. The van der Waals surface area contributed by atoms with E-state index in [1.54, 1.807) is 19.5 Å². The van der Waals surface area contributed by atoms with Gasteiger partial charge in [0.2, 0.25) is 5.88 Å². The molecule has 1 aromatic heterocycles. The number of hydrogen-bond acceptors (Lipinski definition) is 4. The molecule has 2 unspecified atom stereocenters. The van der Waals surface area contributed by atoms with Crippen molar-refractivity contribution in [2.75, 3.05) is 7.11 Å². The van der Waals surface area contributed by atoms with Crippen molar-refractivity contribution < 1.29 is 4.74 Å². The van der Waals surface area contributed by atoms with Crippen molar-refractivity contribution in [2.45, 2.75) is 32.2 Å². The van der Waals surface area contributed by atoms with Gasteiger partial charge in [-0.1, -0.05) is 6.92 Å². The van der Waals surface area contributed by atoms with Crippen LogP contribution in [0.2, 0.25) is 0 Å². The van der Waals surface area contributed by atoms with Crippen LogP contribution in [0, 0.1) is 0 Å². The molecule has 0 fully saturated rings. The topological polar surface area (TPSA) is 61.0 Å². The zero-order valence-electron chi connectivity index (χ0n) is 8.90. The first-order chi connectivity index (χ1) is 6.69. The Kier molecular flexibility index (Phi) is 3.83. The molecule has 14 heavy (non-hydrogen) atoms. The van der Waals surface area contributed by atoms with Crippen LogP contribution in [-0.2, 0) is 0 Å². The Bertz CT molecular complexity index is 288. The van der Waals surface area contributed by atoms with Crippen molar-refractivity contribution in [3.05, 3.63) is 18.1 Å². The quantitative estimate of drug-likeness (QED) is 0.787. The predicted octanol–water partition coefficient (Wildman–Crippen LogP) is 1.33. The summed E-state index contributed by atoms with van der Waals surface area (Å²) in [5, 5.41) is 0. The van der Waals surface area contributed by atoms with Gasteiger partial charge in [-0.2, -0.15) is 0 Å². The van der Waals surface area contributed by atoms with Crippen LogP contribution < -0.4 is 10.5 Å². The molecule has 2 N–H and O–H groups in total. The maximum Gasteiger partial charge on any atom is 0.232 e. The molecule has 1 rings (SSSR count). The minimum atomic E-state index is 0.0846. The summed E-state index contributed by atoms with van der Waals surface area (Å²) in [5.74, 6) is 0.791. The third kappa shape index (κ3) is 2.42. The Hall–Kier alpha value is -1.16. The van der Waals surface area contributed by atoms with Gasteiger partial charge >= 0.3 is 0 Å². The lowest BCUT2D eigenvalue weighted by molar-refractivity contribution is 0.390. The van der Waals surface area contributed by atoms with E-state index in [4.69, 9.17) is 10.5 Å². The normalized spacial score (nSPS) is 14.9. The molecule has 0 bridgehead atoms. The first kappa shape index (κ1) is 10.9. The molecule has 4 nitrogen and oxygen atoms in total. The highest BCUT2D eigenvalue weighted by molar-refractivity contribution is 5.13. The molecule has 2 atom stereocenters. The standard InChI is InChI=1S/C10H17N3O/c1-4-8(7(2)11)9-5-12-6-10(13-9)14-3/h5-8H,4,11H2,1-3H3. The molecule has 0 aliphatic carbocycles. The molecular formula is C10H17N3O. The lowest BCUT2D eigenvalue weighted by Gasteiger charge is -2.17. The number of aromatic nitrogens is 2. The van der Waals surface area contributed by atoms with E-state index in [9.17, 15) is 0 Å². The zero-order valence-corrected chi connectivity index (χ0v) is 8.90. The van der Waals surface area contributed by atoms with E-state index in [0.29, 0.717) is 5.88 Å². The fourth-order valence-electron chi connectivity index (χ4n) is 1.49. The van der Waals surface area contributed by atoms with Gasteiger partial charge in [0.1, 0.15) is 0 Å². The number of nitrogens with zero attached hydrogens (tertiary/aromatic N) is 2. The fraction of sp³-hybridized carbons (Fsp3) is 0.600. The third-order valence-electron chi connectivity index (χ3n) is 2.29. The molecule has 0 spiro atoms. The summed E-state index contributed by atoms with van der Waals surface area (Å²) in [6.07, 6.45) is 4.30. The number of ether oxygens (including phenoxy) is 1. The van der Waals surface area contributed by atoms with Crippen molar-refractivity contribution in [2.24, 2.45) is 5.73 Å². The van der Waals surface area contributed by atoms with Crippen molar-refractivity contribution in [3.8, 4) is 5.88 Å². The van der Waals surface area contributed by atoms with Gasteiger partial charge in [-0.15, -0.1) is 0 Å². The first-order valence-electron chi connectivity index (χ1n) is 4.80. The van der Waals surface area contributed by atoms with Crippen LogP contribution in [0.5, 0.6) is 5.88 Å². The maximum atomic E-state index is 5.86. The molecule has 4 heteroatoms. The zero-order chi connectivity index (χ0) is 10.6. The Morgan fingerprint density at radius 1 is 1.50 bits per heavy atom. The largest absolute Gasteiger partial charge is 0.480 e. The summed E-state index contributed by atoms with van der Waals surface area (Å²) in [4.78, 5) is 8.38. The highest BCUT2D eigenvalue weighted by Gasteiger charge is 2.16. The monoisotopic (exact) mass is 195 g/mol. The van der Waals surface area contributed by atoms with E-state index in [1.807, 2.05) is 6.92 Å². The first-order valence-corrected chi connectivity index (χ1v) is 4.80. The van der Waals surface area contributed by atoms with Crippen LogP contribution in [0.25, 0.3) is 0 Å². The van der Waals surface area contributed by atoms with Gasteiger partial charge in [-0.3, -0.25) is 4.98 Å². The lowest BCUT2D eigenvalue weighted by Crippen LogP contribution is -2.25. The van der Waals surface area contributed by atoms with E-state index in [2.05, 4.69) is 16.9 Å². The van der Waals surface area contributed by atoms with E-state index in [-0.39, 0.29) is 12.0 Å². The molecule has 0 aromatic carbocycles. The minimum absolute atomic E-state index is 0.0846. The van der Waals surface area contributed by atoms with Crippen molar-refractivity contribution in [1.29, 1.82) is 0 Å². The summed E-state index contributed by atoms with van der Waals surface area (Å²) in [6, 6.07) is 0.0846. The van der Waals surface area contributed by atoms with E-state index in [0.717, 1.165) is 12.1 Å². The van der Waals surface area contributed by atoms with Crippen LogP contribution in [0.3, 0.4) is 0 Å². The van der Waals surface area contributed by atoms with Crippen molar-refractivity contribution in [3.63, 3.8) is 0 Å². The third-order valence-corrected chi connectivity index (χ3v) is 2.29. The van der Waals surface area contributed by atoms with E-state index in [1.165, 1.54) is 0 Å². The predicted molar refractivity (Wildman–Crippen MR) is 55.3 cm³/mol. The molecular weight excluding hydrogens is 178 g/mol. The Morgan fingerprint density at radius 3 is 2.71 bits per heavy atom. The Labute approximate surface area is 84.5 Å². The van der Waals surface area contributed by atoms with Crippen LogP contribution in [0.4, 0.5) is 0 Å². The number of methoxy groups -OCH3 is 1. The van der Waals surface area contributed by atoms with Gasteiger partial charge in [0, 0.05) is 18.2 Å². The summed E-state index contributed by atoms with van der Waals surface area (Å²) in [5.41, 5.74) is 6.77. The van der Waals surface area contributed by atoms with Gasteiger partial charge in [0.25, 0.3) is 0 Å². The molecule has 0 saturated carbocycles. The Morgan fingerprint density at radius 2 is 2.21 bits per heavy atom. The summed E-state index contributed by atoms with van der Waals surface area (Å²) in [7, 11) is 1.58. The van der Waals surface area contributed by atoms with Crippen molar-refractivity contribution in [1.82, 2.24) is 9.97 Å². The summed E-state index contributed by atoms with van der Waals surface area (Å²) < 4.78 is 5.01. The average Bonchev–Trinajstić information content (AvgIpc) is 2.19. The van der Waals surface area contributed by atoms with Gasteiger partial charge in [0.05, 0.1) is 19.0 Å². The number of nitrogens with two attached hydrogens (primary N) is 1. The molecule has 0 saturated heterocycles. The summed E-state index contributed by atoms with van der Waals surface area (Å²) in [6.45, 7) is 4.07. The molecule has 0 aliphatic heterocycles. The number of rotatable bonds is 4. The fourth-order valence-corrected chi connectivity index (χ4v) is 1.49. The molecule has 78 valence electrons. The average molecular weight is 195 g/mol. The second-order valence-electron chi connectivity index (χ2n) is 3.36. The minimum Gasteiger partial charge on any atom is -0.480 e. The van der Waals surface area contributed by atoms with Crippen LogP contribution >= 0.6 is 0 Å². The van der Waals surface area contributed by atoms with Crippen LogP contribution in [-0.4, -0.2) is 23.1 Å². The van der Waals surface area contributed by atoms with Gasteiger partial charge in [-0.25, -0.2) is 4.98 Å².